The smallest absolute Gasteiger partial charge is 0.289 e. The molecule has 1 aromatic heterocycles. The molecule has 0 radical (unpaired) electrons. The van der Waals surface area contributed by atoms with E-state index in [0.29, 0.717) is 17.5 Å². The summed E-state index contributed by atoms with van der Waals surface area (Å²) in [4.78, 5) is 22.5. The Morgan fingerprint density at radius 2 is 1.93 bits per heavy atom. The maximum absolute atomic E-state index is 13.0. The van der Waals surface area contributed by atoms with Gasteiger partial charge in [0.25, 0.3) is 5.69 Å². The van der Waals surface area contributed by atoms with Gasteiger partial charge in [-0.05, 0) is 36.4 Å². The van der Waals surface area contributed by atoms with E-state index in [2.05, 4.69) is 20.8 Å². The zero-order valence-corrected chi connectivity index (χ0v) is 17.2. The third-order valence-corrected chi connectivity index (χ3v) is 5.32. The molecule has 0 spiro atoms. The topological polar surface area (TPSA) is 115 Å². The van der Waals surface area contributed by atoms with Crippen LogP contribution in [-0.2, 0) is 18.4 Å². The molecule has 12 heteroatoms. The Labute approximate surface area is 179 Å². The molecule has 0 aliphatic carbocycles. The first-order valence-corrected chi connectivity index (χ1v) is 9.94. The number of nitrogens with zero attached hydrogens (tertiary/aromatic N) is 4. The van der Waals surface area contributed by atoms with E-state index in [1.807, 2.05) is 0 Å². The number of hydrogen-bond donors (Lipinski definition) is 2. The zero-order valence-electron chi connectivity index (χ0n) is 15.6. The third kappa shape index (κ3) is 5.45. The van der Waals surface area contributed by atoms with Gasteiger partial charge in [-0.3, -0.25) is 14.9 Å². The normalized spacial score (nSPS) is 10.6. The third-order valence-electron chi connectivity index (χ3n) is 3.98. The molecule has 2 aromatic carbocycles. The number of thioether (sulfide) groups is 1. The monoisotopic (exact) mass is 450 g/mol. The van der Waals surface area contributed by atoms with Crippen molar-refractivity contribution in [2.75, 3.05) is 16.4 Å². The Bertz CT molecular complexity index is 1080. The molecule has 3 aromatic rings. The molecule has 30 heavy (non-hydrogen) atoms. The van der Waals surface area contributed by atoms with Crippen LogP contribution in [0, 0.1) is 15.9 Å². The van der Waals surface area contributed by atoms with Gasteiger partial charge in [0.05, 0.1) is 17.2 Å². The Hall–Kier alpha value is -3.18. The van der Waals surface area contributed by atoms with Gasteiger partial charge >= 0.3 is 0 Å². The summed E-state index contributed by atoms with van der Waals surface area (Å²) in [5.41, 5.74) is 0.734. The number of carbonyl (C=O) groups is 1. The van der Waals surface area contributed by atoms with Crippen LogP contribution in [0.4, 0.5) is 21.5 Å². The van der Waals surface area contributed by atoms with Crippen molar-refractivity contribution in [3.05, 3.63) is 69.2 Å². The van der Waals surface area contributed by atoms with Gasteiger partial charge in [-0.2, -0.15) is 0 Å². The van der Waals surface area contributed by atoms with E-state index >= 15 is 0 Å². The van der Waals surface area contributed by atoms with Crippen molar-refractivity contribution >= 4 is 46.3 Å². The minimum Gasteiger partial charge on any atom is -0.378 e. The summed E-state index contributed by atoms with van der Waals surface area (Å²) in [5.74, 6) is -0.00103. The SMILES string of the molecule is Cn1c(CNc2ccc(F)cc2)nnc1SCC(=O)Nc1ccc(Cl)c([N+](=O)[O-])c1. The minimum atomic E-state index is -0.617. The van der Waals surface area contributed by atoms with Crippen LogP contribution < -0.4 is 10.6 Å². The second-order valence-corrected chi connectivity index (χ2v) is 7.43. The first kappa shape index (κ1) is 21.5. The summed E-state index contributed by atoms with van der Waals surface area (Å²) in [7, 11) is 1.77. The summed E-state index contributed by atoms with van der Waals surface area (Å²) >= 11 is 6.93. The molecule has 0 unspecified atom stereocenters. The van der Waals surface area contributed by atoms with Gasteiger partial charge in [-0.15, -0.1) is 10.2 Å². The van der Waals surface area contributed by atoms with E-state index in [9.17, 15) is 19.3 Å². The summed E-state index contributed by atoms with van der Waals surface area (Å²) < 4.78 is 14.7. The van der Waals surface area contributed by atoms with E-state index < -0.39 is 4.92 Å². The molecule has 0 fully saturated rings. The van der Waals surface area contributed by atoms with Gasteiger partial charge in [0.2, 0.25) is 5.91 Å². The number of aromatic nitrogens is 3. The number of hydrogen-bond acceptors (Lipinski definition) is 7. The first-order valence-electron chi connectivity index (χ1n) is 8.58. The van der Waals surface area contributed by atoms with Crippen molar-refractivity contribution < 1.29 is 14.1 Å². The number of halogens is 2. The molecule has 1 amide bonds. The second kappa shape index (κ2) is 9.55. The Morgan fingerprint density at radius 1 is 1.23 bits per heavy atom. The average Bonchev–Trinajstić information content (AvgIpc) is 3.07. The molecular formula is C18H16ClFN6O3S. The lowest BCUT2D eigenvalue weighted by Gasteiger charge is -2.07. The van der Waals surface area contributed by atoms with Gasteiger partial charge in [-0.1, -0.05) is 23.4 Å². The molecule has 0 bridgehead atoms. The molecule has 0 saturated carbocycles. The number of rotatable bonds is 8. The fraction of sp³-hybridized carbons (Fsp3) is 0.167. The van der Waals surface area contributed by atoms with Crippen LogP contribution >= 0.6 is 23.4 Å². The number of anilines is 2. The van der Waals surface area contributed by atoms with Crippen LogP contribution in [0.2, 0.25) is 5.02 Å². The van der Waals surface area contributed by atoms with Gasteiger partial charge in [0.1, 0.15) is 10.8 Å². The molecule has 156 valence electrons. The molecule has 0 aliphatic heterocycles. The highest BCUT2D eigenvalue weighted by atomic mass is 35.5. The highest BCUT2D eigenvalue weighted by Crippen LogP contribution is 2.27. The Morgan fingerprint density at radius 3 is 2.63 bits per heavy atom. The zero-order chi connectivity index (χ0) is 21.7. The highest BCUT2D eigenvalue weighted by Gasteiger charge is 2.15. The van der Waals surface area contributed by atoms with Crippen LogP contribution in [0.1, 0.15) is 5.82 Å². The number of carbonyl (C=O) groups excluding carboxylic acids is 1. The average molecular weight is 451 g/mol. The van der Waals surface area contributed by atoms with E-state index in [1.54, 1.807) is 23.7 Å². The van der Waals surface area contributed by atoms with Crippen molar-refractivity contribution in [1.82, 2.24) is 14.8 Å². The van der Waals surface area contributed by atoms with Gasteiger partial charge in [-0.25, -0.2) is 4.39 Å². The van der Waals surface area contributed by atoms with Crippen LogP contribution in [0.15, 0.2) is 47.6 Å². The number of nitrogens with one attached hydrogen (secondary N) is 2. The first-order chi connectivity index (χ1) is 14.3. The molecule has 0 saturated heterocycles. The van der Waals surface area contributed by atoms with Gasteiger partial charge in [0, 0.05) is 24.5 Å². The van der Waals surface area contributed by atoms with Crippen LogP contribution in [0.3, 0.4) is 0 Å². The number of nitro groups is 1. The predicted octanol–water partition coefficient (Wildman–Crippen LogP) is 3.86. The fourth-order valence-electron chi connectivity index (χ4n) is 2.43. The van der Waals surface area contributed by atoms with Crippen molar-refractivity contribution in [2.45, 2.75) is 11.7 Å². The van der Waals surface area contributed by atoms with Crippen molar-refractivity contribution in [3.8, 4) is 0 Å². The maximum atomic E-state index is 13.0. The van der Waals surface area contributed by atoms with Crippen molar-refractivity contribution in [1.29, 1.82) is 0 Å². The minimum absolute atomic E-state index is 0.00626. The lowest BCUT2D eigenvalue weighted by Crippen LogP contribution is -2.14. The van der Waals surface area contributed by atoms with E-state index in [0.717, 1.165) is 5.69 Å². The van der Waals surface area contributed by atoms with Gasteiger partial charge in [0.15, 0.2) is 11.0 Å². The summed E-state index contributed by atoms with van der Waals surface area (Å²) in [6.45, 7) is 0.371. The molecule has 2 N–H and O–H groups in total. The quantitative estimate of drug-likeness (QED) is 0.304. The molecular weight excluding hydrogens is 435 g/mol. The standard InChI is InChI=1S/C18H16ClFN6O3S/c1-25-16(9-21-12-4-2-11(20)3-5-12)23-24-18(25)30-10-17(27)22-13-6-7-14(19)15(8-13)26(28)29/h2-8,21H,9-10H2,1H3,(H,22,27). The molecule has 9 nitrogen and oxygen atoms in total. The number of amides is 1. The second-order valence-electron chi connectivity index (χ2n) is 6.08. The number of benzene rings is 2. The predicted molar refractivity (Wildman–Crippen MR) is 112 cm³/mol. The van der Waals surface area contributed by atoms with Crippen LogP contribution in [0.25, 0.3) is 0 Å². The van der Waals surface area contributed by atoms with E-state index in [4.69, 9.17) is 11.6 Å². The van der Waals surface area contributed by atoms with Crippen molar-refractivity contribution in [3.63, 3.8) is 0 Å². The van der Waals surface area contributed by atoms with Gasteiger partial charge < -0.3 is 15.2 Å². The lowest BCUT2D eigenvalue weighted by molar-refractivity contribution is -0.384. The van der Waals surface area contributed by atoms with Crippen LogP contribution in [0.5, 0.6) is 0 Å². The lowest BCUT2D eigenvalue weighted by atomic mass is 10.3. The summed E-state index contributed by atoms with van der Waals surface area (Å²) in [5, 5.41) is 25.3. The molecule has 0 aliphatic rings. The molecule has 0 atom stereocenters. The summed E-state index contributed by atoms with van der Waals surface area (Å²) in [6.07, 6.45) is 0. The largest absolute Gasteiger partial charge is 0.378 e. The van der Waals surface area contributed by atoms with E-state index in [1.165, 1.54) is 42.1 Å². The van der Waals surface area contributed by atoms with Crippen LogP contribution in [-0.4, -0.2) is 31.3 Å². The summed E-state index contributed by atoms with van der Waals surface area (Å²) in [6, 6.07) is 9.99. The molecule has 1 heterocycles. The van der Waals surface area contributed by atoms with E-state index in [-0.39, 0.29) is 33.9 Å². The fourth-order valence-corrected chi connectivity index (χ4v) is 3.35. The maximum Gasteiger partial charge on any atom is 0.289 e. The Balaban J connectivity index is 1.54. The molecule has 3 rings (SSSR count). The van der Waals surface area contributed by atoms with Crippen molar-refractivity contribution in [2.24, 2.45) is 7.05 Å². The Kier molecular flexibility index (Phi) is 6.85. The highest BCUT2D eigenvalue weighted by molar-refractivity contribution is 7.99. The number of nitro benzene ring substituents is 1.